The molecule has 1 heterocycles. The van der Waals surface area contributed by atoms with Gasteiger partial charge in [-0.15, -0.1) is 0 Å². The minimum absolute atomic E-state index is 0.00724. The molecule has 7 nitrogen and oxygen atoms in total. The van der Waals surface area contributed by atoms with Crippen LogP contribution in [0.25, 0.3) is 0 Å². The molecule has 24 heavy (non-hydrogen) atoms. The molecule has 0 spiro atoms. The van der Waals surface area contributed by atoms with E-state index in [0.717, 1.165) is 31.6 Å². The van der Waals surface area contributed by atoms with Crippen LogP contribution in [0.2, 0.25) is 0 Å². The maximum Gasteiger partial charge on any atom is 0.270 e. The minimum atomic E-state index is -0.484. The van der Waals surface area contributed by atoms with Gasteiger partial charge in [0.1, 0.15) is 0 Å². The highest BCUT2D eigenvalue weighted by Crippen LogP contribution is 2.28. The van der Waals surface area contributed by atoms with E-state index < -0.39 is 4.92 Å². The summed E-state index contributed by atoms with van der Waals surface area (Å²) in [5, 5.41) is 23.0. The first-order chi connectivity index (χ1) is 11.6. The van der Waals surface area contributed by atoms with Crippen LogP contribution in [-0.2, 0) is 0 Å². The Bertz CT molecular complexity index is 585. The van der Waals surface area contributed by atoms with E-state index in [1.54, 1.807) is 6.07 Å². The molecule has 0 aliphatic carbocycles. The highest BCUT2D eigenvalue weighted by Gasteiger charge is 2.23. The fourth-order valence-electron chi connectivity index (χ4n) is 3.03. The van der Waals surface area contributed by atoms with E-state index in [2.05, 4.69) is 10.2 Å². The van der Waals surface area contributed by atoms with E-state index in [1.165, 1.54) is 18.6 Å². The van der Waals surface area contributed by atoms with Crippen LogP contribution >= 0.6 is 0 Å². The Morgan fingerprint density at radius 3 is 2.67 bits per heavy atom. The third-order valence-electron chi connectivity index (χ3n) is 4.44. The predicted molar refractivity (Wildman–Crippen MR) is 92.4 cm³/mol. The van der Waals surface area contributed by atoms with Crippen LogP contribution < -0.4 is 10.2 Å². The van der Waals surface area contributed by atoms with Crippen LogP contribution in [0.15, 0.2) is 18.2 Å². The first kappa shape index (κ1) is 18.2. The number of hydrogen-bond acceptors (Lipinski definition) is 5. The number of hydrogen-bond donors (Lipinski definition) is 2. The van der Waals surface area contributed by atoms with Gasteiger partial charge >= 0.3 is 0 Å². The number of amides is 1. The van der Waals surface area contributed by atoms with Crippen LogP contribution in [0, 0.1) is 10.1 Å². The highest BCUT2D eigenvalue weighted by atomic mass is 16.6. The molecule has 1 atom stereocenters. The molecule has 1 aliphatic rings. The summed E-state index contributed by atoms with van der Waals surface area (Å²) >= 11 is 0. The molecule has 2 rings (SSSR count). The Morgan fingerprint density at radius 2 is 2.08 bits per heavy atom. The van der Waals surface area contributed by atoms with Gasteiger partial charge in [0.25, 0.3) is 11.6 Å². The van der Waals surface area contributed by atoms with E-state index in [9.17, 15) is 14.9 Å². The van der Waals surface area contributed by atoms with Crippen molar-refractivity contribution in [3.05, 3.63) is 33.9 Å². The normalized spacial score (nSPS) is 15.8. The van der Waals surface area contributed by atoms with Gasteiger partial charge in [0, 0.05) is 37.9 Å². The highest BCUT2D eigenvalue weighted by molar-refractivity contribution is 6.00. The van der Waals surface area contributed by atoms with Crippen molar-refractivity contribution in [1.82, 2.24) is 5.32 Å². The molecule has 1 aromatic carbocycles. The smallest absolute Gasteiger partial charge is 0.270 e. The number of carbonyl (C=O) groups excluding carboxylic acids is 1. The molecule has 1 aliphatic heterocycles. The van der Waals surface area contributed by atoms with Gasteiger partial charge in [-0.05, 0) is 38.2 Å². The van der Waals surface area contributed by atoms with Crippen molar-refractivity contribution < 1.29 is 14.8 Å². The van der Waals surface area contributed by atoms with Gasteiger partial charge in [-0.2, -0.15) is 0 Å². The van der Waals surface area contributed by atoms with Crippen molar-refractivity contribution in [2.24, 2.45) is 0 Å². The molecule has 1 aromatic rings. The van der Waals surface area contributed by atoms with Crippen molar-refractivity contribution >= 4 is 17.3 Å². The molecule has 0 radical (unpaired) electrons. The van der Waals surface area contributed by atoms with Gasteiger partial charge in [-0.1, -0.05) is 6.92 Å². The zero-order valence-electron chi connectivity index (χ0n) is 14.0. The summed E-state index contributed by atoms with van der Waals surface area (Å²) in [6.45, 7) is 3.63. The Kier molecular flexibility index (Phi) is 6.54. The van der Waals surface area contributed by atoms with E-state index in [1.807, 2.05) is 6.92 Å². The standard InChI is InChI=1S/C17H25N3O4/c1-2-13(8-11-21)18-17(22)15-12-14(20(23)24)6-7-16(15)19-9-4-3-5-10-19/h6-7,12-13,21H,2-5,8-11H2,1H3,(H,18,22). The van der Waals surface area contributed by atoms with Crippen molar-refractivity contribution in [3.63, 3.8) is 0 Å². The molecule has 0 saturated carbocycles. The number of nitro groups is 1. The molecule has 1 amide bonds. The summed E-state index contributed by atoms with van der Waals surface area (Å²) in [4.78, 5) is 25.4. The average Bonchev–Trinajstić information content (AvgIpc) is 2.61. The molecule has 1 fully saturated rings. The second kappa shape index (κ2) is 8.63. The number of nitrogens with zero attached hydrogens (tertiary/aromatic N) is 2. The summed E-state index contributed by atoms with van der Waals surface area (Å²) in [5.41, 5.74) is 0.996. The molecular weight excluding hydrogens is 310 g/mol. The fraction of sp³-hybridized carbons (Fsp3) is 0.588. The number of aliphatic hydroxyl groups is 1. The third-order valence-corrected chi connectivity index (χ3v) is 4.44. The summed E-state index contributed by atoms with van der Waals surface area (Å²) in [7, 11) is 0. The number of aliphatic hydroxyl groups excluding tert-OH is 1. The number of carbonyl (C=O) groups is 1. The lowest BCUT2D eigenvalue weighted by atomic mass is 10.0. The SMILES string of the molecule is CCC(CCO)NC(=O)c1cc([N+](=O)[O-])ccc1N1CCCCC1. The van der Waals surface area contributed by atoms with Crippen LogP contribution in [0.3, 0.4) is 0 Å². The Morgan fingerprint density at radius 1 is 1.38 bits per heavy atom. The van der Waals surface area contributed by atoms with Gasteiger partial charge in [-0.3, -0.25) is 14.9 Å². The Hall–Kier alpha value is -2.15. The average molecular weight is 335 g/mol. The lowest BCUT2D eigenvalue weighted by Gasteiger charge is -2.30. The lowest BCUT2D eigenvalue weighted by Crippen LogP contribution is -2.37. The second-order valence-corrected chi connectivity index (χ2v) is 6.10. The number of piperidine rings is 1. The molecular formula is C17H25N3O4. The number of anilines is 1. The first-order valence-electron chi connectivity index (χ1n) is 8.52. The molecule has 0 aromatic heterocycles. The molecule has 132 valence electrons. The number of non-ortho nitro benzene ring substituents is 1. The van der Waals surface area contributed by atoms with Gasteiger partial charge in [-0.25, -0.2) is 0 Å². The Balaban J connectivity index is 2.30. The minimum Gasteiger partial charge on any atom is -0.396 e. The van der Waals surface area contributed by atoms with E-state index in [-0.39, 0.29) is 24.2 Å². The second-order valence-electron chi connectivity index (χ2n) is 6.10. The quantitative estimate of drug-likeness (QED) is 0.589. The zero-order chi connectivity index (χ0) is 17.5. The maximum absolute atomic E-state index is 12.7. The summed E-state index contributed by atoms with van der Waals surface area (Å²) in [6, 6.07) is 4.33. The number of nitrogens with one attached hydrogen (secondary N) is 1. The van der Waals surface area contributed by atoms with Gasteiger partial charge in [0.05, 0.1) is 16.2 Å². The van der Waals surface area contributed by atoms with Gasteiger partial charge in [0.2, 0.25) is 0 Å². The van der Waals surface area contributed by atoms with Crippen LogP contribution in [-0.4, -0.2) is 41.7 Å². The summed E-state index contributed by atoms with van der Waals surface area (Å²) in [6.07, 6.45) is 4.44. The molecule has 1 unspecified atom stereocenters. The van der Waals surface area contributed by atoms with Gasteiger partial charge < -0.3 is 15.3 Å². The summed E-state index contributed by atoms with van der Waals surface area (Å²) < 4.78 is 0. The number of benzene rings is 1. The topological polar surface area (TPSA) is 95.7 Å². The van der Waals surface area contributed by atoms with Crippen molar-refractivity contribution in [2.75, 3.05) is 24.6 Å². The first-order valence-corrected chi connectivity index (χ1v) is 8.52. The largest absolute Gasteiger partial charge is 0.396 e. The monoisotopic (exact) mass is 335 g/mol. The van der Waals surface area contributed by atoms with Crippen molar-refractivity contribution in [1.29, 1.82) is 0 Å². The van der Waals surface area contributed by atoms with Crippen LogP contribution in [0.4, 0.5) is 11.4 Å². The van der Waals surface area contributed by atoms with Crippen molar-refractivity contribution in [2.45, 2.75) is 45.1 Å². The van der Waals surface area contributed by atoms with E-state index in [0.29, 0.717) is 18.4 Å². The molecule has 2 N–H and O–H groups in total. The predicted octanol–water partition coefficient (Wildman–Crippen LogP) is 2.48. The number of rotatable bonds is 7. The van der Waals surface area contributed by atoms with Gasteiger partial charge in [0.15, 0.2) is 0 Å². The van der Waals surface area contributed by atoms with E-state index in [4.69, 9.17) is 5.11 Å². The van der Waals surface area contributed by atoms with E-state index >= 15 is 0 Å². The zero-order valence-corrected chi connectivity index (χ0v) is 14.0. The van der Waals surface area contributed by atoms with Crippen molar-refractivity contribution in [3.8, 4) is 0 Å². The molecule has 0 bridgehead atoms. The maximum atomic E-state index is 12.7. The summed E-state index contributed by atoms with van der Waals surface area (Å²) in [5.74, 6) is -0.320. The number of nitro benzene ring substituents is 1. The molecule has 1 saturated heterocycles. The Labute approximate surface area is 141 Å². The third kappa shape index (κ3) is 4.44. The van der Waals surface area contributed by atoms with Crippen LogP contribution in [0.1, 0.15) is 49.4 Å². The lowest BCUT2D eigenvalue weighted by molar-refractivity contribution is -0.384. The molecule has 7 heteroatoms. The fourth-order valence-corrected chi connectivity index (χ4v) is 3.03. The van der Waals surface area contributed by atoms with Crippen LogP contribution in [0.5, 0.6) is 0 Å².